The van der Waals surface area contributed by atoms with Crippen molar-refractivity contribution in [1.82, 2.24) is 9.34 Å². The standard InChI is InChI=1S/C26H29N4O4P/c1-19(34-35(32,29-13-14-29)30-15-16-30)20-11-12-24(27)25(18-20)33-23-10-6-7-21(17-23)26(31)28(2)22-8-4-3-5-9-22/h3-12,17-19H,13-16,27H2,1-2H3. The van der Waals surface area contributed by atoms with Crippen LogP contribution in [-0.4, -0.2) is 48.5 Å². The number of nitrogens with zero attached hydrogens (tertiary/aromatic N) is 3. The maximum Gasteiger partial charge on any atom is 0.346 e. The van der Waals surface area contributed by atoms with Gasteiger partial charge in [-0.05, 0) is 55.0 Å². The van der Waals surface area contributed by atoms with Crippen LogP contribution in [0.2, 0.25) is 0 Å². The van der Waals surface area contributed by atoms with Crippen LogP contribution in [0.15, 0.2) is 72.8 Å². The lowest BCUT2D eigenvalue weighted by Gasteiger charge is -2.24. The van der Waals surface area contributed by atoms with E-state index in [1.165, 1.54) is 0 Å². The number of hydrogen-bond acceptors (Lipinski definition) is 5. The molecule has 0 aliphatic carbocycles. The molecule has 2 saturated heterocycles. The number of benzene rings is 3. The third-order valence-corrected chi connectivity index (χ3v) is 8.94. The highest BCUT2D eigenvalue weighted by atomic mass is 31.2. The Morgan fingerprint density at radius 2 is 1.66 bits per heavy atom. The lowest BCUT2D eigenvalue weighted by Crippen LogP contribution is -2.26. The molecule has 9 heteroatoms. The third kappa shape index (κ3) is 5.11. The Hall–Kier alpha value is -3.16. The highest BCUT2D eigenvalue weighted by Gasteiger charge is 2.50. The largest absolute Gasteiger partial charge is 0.455 e. The van der Waals surface area contributed by atoms with Crippen molar-refractivity contribution in [2.24, 2.45) is 0 Å². The van der Waals surface area contributed by atoms with Crippen LogP contribution in [0, 0.1) is 0 Å². The summed E-state index contributed by atoms with van der Waals surface area (Å²) in [7, 11) is -1.22. The predicted octanol–water partition coefficient (Wildman–Crippen LogP) is 5.15. The second-order valence-corrected chi connectivity index (χ2v) is 11.1. The van der Waals surface area contributed by atoms with Gasteiger partial charge < -0.3 is 15.4 Å². The first kappa shape index (κ1) is 23.6. The molecule has 0 saturated carbocycles. The Bertz CT molecular complexity index is 1260. The summed E-state index contributed by atoms with van der Waals surface area (Å²) in [6.07, 6.45) is -0.405. The van der Waals surface area contributed by atoms with Crippen molar-refractivity contribution < 1.29 is 18.6 Å². The highest BCUT2D eigenvalue weighted by Crippen LogP contribution is 2.63. The van der Waals surface area contributed by atoms with Crippen LogP contribution >= 0.6 is 7.67 Å². The summed E-state index contributed by atoms with van der Waals surface area (Å²) >= 11 is 0. The monoisotopic (exact) mass is 492 g/mol. The van der Waals surface area contributed by atoms with E-state index < -0.39 is 13.8 Å². The molecule has 8 nitrogen and oxygen atoms in total. The Morgan fingerprint density at radius 3 is 2.31 bits per heavy atom. The van der Waals surface area contributed by atoms with Crippen molar-refractivity contribution in [3.05, 3.63) is 83.9 Å². The number of rotatable bonds is 9. The number of amides is 1. The molecule has 1 amide bonds. The van der Waals surface area contributed by atoms with E-state index in [1.807, 2.05) is 52.7 Å². The van der Waals surface area contributed by atoms with Gasteiger partial charge in [0.2, 0.25) is 0 Å². The minimum Gasteiger partial charge on any atom is -0.455 e. The fourth-order valence-electron chi connectivity index (χ4n) is 3.85. The SMILES string of the molecule is CC(OP(=O)(N1CC1)N1CC1)c1ccc(N)c(Oc2cccc(C(=O)N(C)c3ccccc3)c2)c1. The molecule has 2 fully saturated rings. The number of para-hydroxylation sites is 1. The minimum atomic E-state index is -2.96. The maximum absolute atomic E-state index is 13.4. The van der Waals surface area contributed by atoms with E-state index in [9.17, 15) is 9.36 Å². The molecule has 0 spiro atoms. The molecule has 182 valence electrons. The van der Waals surface area contributed by atoms with Crippen LogP contribution in [0.3, 0.4) is 0 Å². The van der Waals surface area contributed by atoms with Gasteiger partial charge in [0.1, 0.15) is 5.75 Å². The second-order valence-electron chi connectivity index (χ2n) is 8.77. The lowest BCUT2D eigenvalue weighted by atomic mass is 10.1. The molecule has 3 aromatic carbocycles. The number of hydrogen-bond donors (Lipinski definition) is 1. The topological polar surface area (TPSA) is 87.9 Å². The number of nitrogens with two attached hydrogens (primary N) is 1. The molecule has 2 aliphatic rings. The number of ether oxygens (including phenoxy) is 1. The van der Waals surface area contributed by atoms with Crippen LogP contribution in [0.1, 0.15) is 28.9 Å². The van der Waals surface area contributed by atoms with E-state index >= 15 is 0 Å². The van der Waals surface area contributed by atoms with E-state index in [2.05, 4.69) is 0 Å². The summed E-state index contributed by atoms with van der Waals surface area (Å²) in [6, 6.07) is 21.9. The predicted molar refractivity (Wildman–Crippen MR) is 137 cm³/mol. The van der Waals surface area contributed by atoms with Gasteiger partial charge >= 0.3 is 7.67 Å². The Balaban J connectivity index is 1.33. The Labute approximate surface area is 205 Å². The van der Waals surface area contributed by atoms with Gasteiger partial charge in [-0.2, -0.15) is 0 Å². The van der Waals surface area contributed by atoms with E-state index in [4.69, 9.17) is 15.0 Å². The van der Waals surface area contributed by atoms with Gasteiger partial charge in [-0.15, -0.1) is 0 Å². The average Bonchev–Trinajstić information content (AvgIpc) is 3.77. The first-order valence-electron chi connectivity index (χ1n) is 11.6. The molecule has 5 rings (SSSR count). The smallest absolute Gasteiger partial charge is 0.346 e. The van der Waals surface area contributed by atoms with Crippen LogP contribution in [0.4, 0.5) is 11.4 Å². The van der Waals surface area contributed by atoms with Crippen molar-refractivity contribution in [1.29, 1.82) is 0 Å². The molecule has 0 bridgehead atoms. The summed E-state index contributed by atoms with van der Waals surface area (Å²) in [5.74, 6) is 0.798. The summed E-state index contributed by atoms with van der Waals surface area (Å²) in [5, 5.41) is 0. The molecule has 35 heavy (non-hydrogen) atoms. The zero-order valence-corrected chi connectivity index (χ0v) is 20.7. The first-order valence-corrected chi connectivity index (χ1v) is 13.2. The first-order chi connectivity index (χ1) is 16.8. The summed E-state index contributed by atoms with van der Waals surface area (Å²) in [6.45, 7) is 5.07. The fraction of sp³-hybridized carbons (Fsp3) is 0.269. The zero-order valence-electron chi connectivity index (χ0n) is 19.8. The molecule has 2 heterocycles. The molecule has 1 atom stereocenters. The number of nitrogen functional groups attached to an aromatic ring is 1. The van der Waals surface area contributed by atoms with Crippen LogP contribution in [0.5, 0.6) is 11.5 Å². The van der Waals surface area contributed by atoms with Crippen molar-refractivity contribution in [3.8, 4) is 11.5 Å². The van der Waals surface area contributed by atoms with Gasteiger partial charge in [0, 0.05) is 44.5 Å². The van der Waals surface area contributed by atoms with Gasteiger partial charge in [0.05, 0.1) is 11.8 Å². The Kier molecular flexibility index (Phi) is 6.38. The zero-order chi connectivity index (χ0) is 24.6. The summed E-state index contributed by atoms with van der Waals surface area (Å²) in [5.41, 5.74) is 8.76. The normalized spacial score (nSPS) is 16.5. The number of carbonyl (C=O) groups excluding carboxylic acids is 1. The van der Waals surface area contributed by atoms with Crippen molar-refractivity contribution in [2.75, 3.05) is 43.9 Å². The van der Waals surface area contributed by atoms with E-state index in [0.717, 1.165) is 37.4 Å². The molecule has 2 N–H and O–H groups in total. The molecule has 1 unspecified atom stereocenters. The van der Waals surface area contributed by atoms with E-state index in [0.29, 0.717) is 22.7 Å². The summed E-state index contributed by atoms with van der Waals surface area (Å²) in [4.78, 5) is 14.6. The highest BCUT2D eigenvalue weighted by molar-refractivity contribution is 7.54. The van der Waals surface area contributed by atoms with Gasteiger partial charge in [-0.25, -0.2) is 9.34 Å². The van der Waals surface area contributed by atoms with Crippen LogP contribution in [-0.2, 0) is 9.09 Å². The Morgan fingerprint density at radius 1 is 0.971 bits per heavy atom. The molecular weight excluding hydrogens is 463 g/mol. The maximum atomic E-state index is 13.4. The molecule has 2 aliphatic heterocycles. The minimum absolute atomic E-state index is 0.147. The number of anilines is 2. The van der Waals surface area contributed by atoms with Gasteiger partial charge in [0.15, 0.2) is 5.75 Å². The summed E-state index contributed by atoms with van der Waals surface area (Å²) < 4.78 is 29.3. The number of carbonyl (C=O) groups is 1. The van der Waals surface area contributed by atoms with Crippen molar-refractivity contribution in [3.63, 3.8) is 0 Å². The van der Waals surface area contributed by atoms with Gasteiger partial charge in [0.25, 0.3) is 5.91 Å². The van der Waals surface area contributed by atoms with E-state index in [-0.39, 0.29) is 5.91 Å². The van der Waals surface area contributed by atoms with E-state index in [1.54, 1.807) is 48.3 Å². The van der Waals surface area contributed by atoms with Crippen molar-refractivity contribution >= 4 is 25.0 Å². The van der Waals surface area contributed by atoms with Gasteiger partial charge in [-0.1, -0.05) is 30.3 Å². The fourth-order valence-corrected chi connectivity index (χ4v) is 6.20. The molecular formula is C26H29N4O4P. The quantitative estimate of drug-likeness (QED) is 0.251. The second kappa shape index (κ2) is 9.47. The molecule has 3 aromatic rings. The van der Waals surface area contributed by atoms with Gasteiger partial charge in [-0.3, -0.25) is 13.9 Å². The van der Waals surface area contributed by atoms with Crippen molar-refractivity contribution in [2.45, 2.75) is 13.0 Å². The molecule has 0 radical (unpaired) electrons. The third-order valence-electron chi connectivity index (χ3n) is 6.12. The average molecular weight is 493 g/mol. The van der Waals surface area contributed by atoms with Crippen LogP contribution < -0.4 is 15.4 Å². The van der Waals surface area contributed by atoms with Crippen LogP contribution in [0.25, 0.3) is 0 Å². The lowest BCUT2D eigenvalue weighted by molar-refractivity contribution is 0.0992. The molecule has 0 aromatic heterocycles.